The molecule has 0 aliphatic carbocycles. The lowest BCUT2D eigenvalue weighted by molar-refractivity contribution is -0.124. The van der Waals surface area contributed by atoms with Gasteiger partial charge in [0.2, 0.25) is 0 Å². The first-order chi connectivity index (χ1) is 12.7. The van der Waals surface area contributed by atoms with Crippen molar-refractivity contribution in [3.63, 3.8) is 0 Å². The number of morpholine rings is 1. The van der Waals surface area contributed by atoms with Crippen molar-refractivity contribution >= 4 is 5.78 Å². The maximum atomic E-state index is 13.4. The lowest BCUT2D eigenvalue weighted by Gasteiger charge is -2.39. The van der Waals surface area contributed by atoms with Crippen molar-refractivity contribution in [1.82, 2.24) is 5.32 Å². The second-order valence-corrected chi connectivity index (χ2v) is 7.21. The molecule has 2 aromatic carbocycles. The van der Waals surface area contributed by atoms with Crippen molar-refractivity contribution in [2.45, 2.75) is 38.2 Å². The van der Waals surface area contributed by atoms with Crippen LogP contribution in [0.3, 0.4) is 0 Å². The maximum absolute atomic E-state index is 13.4. The number of nitrogens with one attached hydrogen (secondary N) is 1. The molecule has 3 heteroatoms. The Labute approximate surface area is 156 Å². The number of hydrogen-bond acceptors (Lipinski definition) is 3. The molecule has 0 amide bonds. The van der Waals surface area contributed by atoms with Crippen LogP contribution in [0.4, 0.5) is 0 Å². The third-order valence-electron chi connectivity index (χ3n) is 5.55. The summed E-state index contributed by atoms with van der Waals surface area (Å²) in [4.78, 5) is 13.4. The maximum Gasteiger partial charge on any atom is 0.147 e. The molecule has 1 fully saturated rings. The number of benzene rings is 2. The van der Waals surface area contributed by atoms with Crippen molar-refractivity contribution in [2.24, 2.45) is 5.92 Å². The van der Waals surface area contributed by atoms with Crippen LogP contribution in [0.25, 0.3) is 0 Å². The first-order valence-electron chi connectivity index (χ1n) is 9.65. The van der Waals surface area contributed by atoms with Gasteiger partial charge in [-0.3, -0.25) is 4.79 Å². The number of hydrogen-bond donors (Lipinski definition) is 1. The fourth-order valence-corrected chi connectivity index (χ4v) is 4.15. The molecule has 2 atom stereocenters. The highest BCUT2D eigenvalue weighted by Crippen LogP contribution is 2.41. The third kappa shape index (κ3) is 3.74. The molecule has 26 heavy (non-hydrogen) atoms. The summed E-state index contributed by atoms with van der Waals surface area (Å²) in [5.74, 6) is 0.532. The van der Waals surface area contributed by atoms with E-state index in [2.05, 4.69) is 36.5 Å². The molecular weight excluding hydrogens is 322 g/mol. The third-order valence-corrected chi connectivity index (χ3v) is 5.55. The van der Waals surface area contributed by atoms with Gasteiger partial charge in [-0.25, -0.2) is 0 Å². The first-order valence-corrected chi connectivity index (χ1v) is 9.65. The second kappa shape index (κ2) is 8.61. The summed E-state index contributed by atoms with van der Waals surface area (Å²) in [5, 5.41) is 3.41. The Morgan fingerprint density at radius 2 is 1.69 bits per heavy atom. The molecule has 3 nitrogen and oxygen atoms in total. The molecule has 2 aromatic rings. The molecule has 2 unspecified atom stereocenters. The largest absolute Gasteiger partial charge is 0.375 e. The number of ketones is 1. The quantitative estimate of drug-likeness (QED) is 0.820. The summed E-state index contributed by atoms with van der Waals surface area (Å²) in [6.07, 6.45) is 1.40. The molecule has 0 spiro atoms. The number of ether oxygens (including phenoxy) is 1. The molecule has 1 saturated heterocycles. The van der Waals surface area contributed by atoms with Gasteiger partial charge in [0.25, 0.3) is 0 Å². The minimum Gasteiger partial charge on any atom is -0.375 e. The zero-order valence-corrected chi connectivity index (χ0v) is 15.8. The van der Waals surface area contributed by atoms with Crippen molar-refractivity contribution in [3.05, 3.63) is 71.8 Å². The molecule has 0 saturated carbocycles. The van der Waals surface area contributed by atoms with Crippen LogP contribution < -0.4 is 5.32 Å². The monoisotopic (exact) mass is 351 g/mol. The fraction of sp³-hybridized carbons (Fsp3) is 0.435. The predicted molar refractivity (Wildman–Crippen MR) is 105 cm³/mol. The highest BCUT2D eigenvalue weighted by atomic mass is 16.5. The van der Waals surface area contributed by atoms with Gasteiger partial charge in [-0.15, -0.1) is 0 Å². The van der Waals surface area contributed by atoms with Crippen molar-refractivity contribution < 1.29 is 9.53 Å². The van der Waals surface area contributed by atoms with Gasteiger partial charge in [0.15, 0.2) is 0 Å². The van der Waals surface area contributed by atoms with Crippen LogP contribution in [0, 0.1) is 5.92 Å². The Balaban J connectivity index is 2.06. The van der Waals surface area contributed by atoms with Crippen molar-refractivity contribution in [2.75, 3.05) is 19.7 Å². The van der Waals surface area contributed by atoms with E-state index in [-0.39, 0.29) is 17.8 Å². The number of carbonyl (C=O) groups excluding carboxylic acids is 1. The van der Waals surface area contributed by atoms with Gasteiger partial charge in [-0.1, -0.05) is 74.5 Å². The van der Waals surface area contributed by atoms with Crippen LogP contribution in [0.2, 0.25) is 0 Å². The molecule has 3 rings (SSSR count). The van der Waals surface area contributed by atoms with Gasteiger partial charge >= 0.3 is 0 Å². The molecule has 0 radical (unpaired) electrons. The smallest absolute Gasteiger partial charge is 0.147 e. The average molecular weight is 351 g/mol. The van der Waals surface area contributed by atoms with E-state index in [0.717, 1.165) is 37.2 Å². The van der Waals surface area contributed by atoms with E-state index < -0.39 is 5.41 Å². The highest BCUT2D eigenvalue weighted by Gasteiger charge is 2.43. The van der Waals surface area contributed by atoms with Crippen molar-refractivity contribution in [1.29, 1.82) is 0 Å². The zero-order chi connectivity index (χ0) is 18.4. The molecule has 0 aromatic heterocycles. The van der Waals surface area contributed by atoms with E-state index >= 15 is 0 Å². The van der Waals surface area contributed by atoms with E-state index in [1.807, 2.05) is 43.3 Å². The Kier molecular flexibility index (Phi) is 6.23. The molecular formula is C23H29NO2. The fourth-order valence-electron chi connectivity index (χ4n) is 4.15. The zero-order valence-electron chi connectivity index (χ0n) is 15.8. The minimum atomic E-state index is -0.627. The Morgan fingerprint density at radius 3 is 2.15 bits per heavy atom. The van der Waals surface area contributed by atoms with Gasteiger partial charge in [-0.2, -0.15) is 0 Å². The average Bonchev–Trinajstić information content (AvgIpc) is 2.73. The van der Waals surface area contributed by atoms with Gasteiger partial charge < -0.3 is 10.1 Å². The molecule has 1 aliphatic heterocycles. The standard InChI is InChI=1S/C23H29NO2/c1-3-22(25)23(19-10-6-4-7-11-19,20-12-8-5-9-13-20)16-18(2)21-17-24-14-15-26-21/h4-13,18,21,24H,3,14-17H2,1-2H3. The summed E-state index contributed by atoms with van der Waals surface area (Å²) in [5.41, 5.74) is 1.53. The molecule has 1 N–H and O–H groups in total. The summed E-state index contributed by atoms with van der Waals surface area (Å²) < 4.78 is 6.00. The first kappa shape index (κ1) is 18.8. The Bertz CT molecular complexity index is 653. The van der Waals surface area contributed by atoms with E-state index in [1.54, 1.807) is 0 Å². The van der Waals surface area contributed by atoms with Crippen LogP contribution in [-0.2, 0) is 14.9 Å². The number of rotatable bonds is 7. The molecule has 1 heterocycles. The Morgan fingerprint density at radius 1 is 1.12 bits per heavy atom. The topological polar surface area (TPSA) is 38.3 Å². The van der Waals surface area contributed by atoms with Crippen LogP contribution in [0.1, 0.15) is 37.8 Å². The normalized spacial score (nSPS) is 19.1. The molecule has 138 valence electrons. The van der Waals surface area contributed by atoms with Gasteiger partial charge in [-0.05, 0) is 23.5 Å². The number of carbonyl (C=O) groups is 1. The van der Waals surface area contributed by atoms with Gasteiger partial charge in [0.05, 0.1) is 18.1 Å². The van der Waals surface area contributed by atoms with Crippen molar-refractivity contribution in [3.8, 4) is 0 Å². The minimum absolute atomic E-state index is 0.139. The highest BCUT2D eigenvalue weighted by molar-refractivity contribution is 5.93. The Hall–Kier alpha value is -1.97. The molecule has 0 bridgehead atoms. The van der Waals surface area contributed by atoms with Crippen LogP contribution in [0.5, 0.6) is 0 Å². The van der Waals surface area contributed by atoms with Crippen LogP contribution in [0.15, 0.2) is 60.7 Å². The van der Waals surface area contributed by atoms with Crippen LogP contribution >= 0.6 is 0 Å². The van der Waals surface area contributed by atoms with Gasteiger partial charge in [0, 0.05) is 19.5 Å². The van der Waals surface area contributed by atoms with E-state index in [1.165, 1.54) is 0 Å². The van der Waals surface area contributed by atoms with E-state index in [9.17, 15) is 4.79 Å². The summed E-state index contributed by atoms with van der Waals surface area (Å²) in [7, 11) is 0. The summed E-state index contributed by atoms with van der Waals surface area (Å²) >= 11 is 0. The lowest BCUT2D eigenvalue weighted by Crippen LogP contribution is -2.46. The van der Waals surface area contributed by atoms with E-state index in [4.69, 9.17) is 4.74 Å². The molecule has 1 aliphatic rings. The lowest BCUT2D eigenvalue weighted by atomic mass is 9.65. The number of Topliss-reactive ketones (excluding diaryl/α,β-unsaturated/α-hetero) is 1. The SMILES string of the molecule is CCC(=O)C(CC(C)C1CNCCO1)(c1ccccc1)c1ccccc1. The van der Waals surface area contributed by atoms with Gasteiger partial charge in [0.1, 0.15) is 5.78 Å². The van der Waals surface area contributed by atoms with Crippen LogP contribution in [-0.4, -0.2) is 31.6 Å². The summed E-state index contributed by atoms with van der Waals surface area (Å²) in [6.45, 7) is 6.66. The summed E-state index contributed by atoms with van der Waals surface area (Å²) in [6, 6.07) is 20.5. The second-order valence-electron chi connectivity index (χ2n) is 7.21. The predicted octanol–water partition coefficient (Wildman–Crippen LogP) is 3.97. The van der Waals surface area contributed by atoms with E-state index in [0.29, 0.717) is 6.42 Å².